The fourth-order valence-corrected chi connectivity index (χ4v) is 10.5. The number of likely N-dealkylation sites (tertiary alicyclic amines) is 1. The Hall–Kier alpha value is -4.82. The Morgan fingerprint density at radius 1 is 0.556 bits per heavy atom. The summed E-state index contributed by atoms with van der Waals surface area (Å²) in [6.07, 6.45) is 22.0. The van der Waals surface area contributed by atoms with Crippen LogP contribution in [0.2, 0.25) is 0 Å². The van der Waals surface area contributed by atoms with E-state index >= 15 is 0 Å². The highest BCUT2D eigenvalue weighted by Crippen LogP contribution is 2.29. The number of benzene rings is 3. The molecule has 0 bridgehead atoms. The minimum Gasteiger partial charge on any atom is -0.375 e. The van der Waals surface area contributed by atoms with Crippen LogP contribution >= 0.6 is 15.9 Å². The summed E-state index contributed by atoms with van der Waals surface area (Å²) >= 11 is 3.58. The van der Waals surface area contributed by atoms with Gasteiger partial charge in [0.1, 0.15) is 11.6 Å². The van der Waals surface area contributed by atoms with Gasteiger partial charge in [0.25, 0.3) is 0 Å². The molecule has 0 N–H and O–H groups in total. The van der Waals surface area contributed by atoms with Crippen molar-refractivity contribution in [3.63, 3.8) is 0 Å². The van der Waals surface area contributed by atoms with Crippen LogP contribution in [-0.4, -0.2) is 37.9 Å². The topological polar surface area (TPSA) is 54.8 Å². The van der Waals surface area contributed by atoms with E-state index in [9.17, 15) is 8.78 Å². The number of piperidine rings is 1. The van der Waals surface area contributed by atoms with Gasteiger partial charge in [0.15, 0.2) is 0 Å². The molecular formula is C73H110BrF2N5. The monoisotopic (exact) mass is 1180 g/mol. The van der Waals surface area contributed by atoms with E-state index in [-0.39, 0.29) is 0 Å². The molecule has 0 unspecified atom stereocenters. The zero-order valence-electron chi connectivity index (χ0n) is 55.4. The molecule has 1 aliphatic heterocycles. The number of pyridine rings is 2. The summed E-state index contributed by atoms with van der Waals surface area (Å²) in [4.78, 5) is 19.6. The first-order valence-electron chi connectivity index (χ1n) is 31.8. The summed E-state index contributed by atoms with van der Waals surface area (Å²) in [6.45, 7) is 41.0. The van der Waals surface area contributed by atoms with Gasteiger partial charge in [-0.3, -0.25) is 19.9 Å². The third kappa shape index (κ3) is 33.8. The van der Waals surface area contributed by atoms with E-state index < -0.39 is 29.5 Å². The normalized spacial score (nSPS) is 13.8. The highest BCUT2D eigenvalue weighted by Gasteiger charge is 2.15. The number of hydrogen-bond donors (Lipinski definition) is 0. The maximum atomic E-state index is 13.2. The van der Waals surface area contributed by atoms with E-state index in [4.69, 9.17) is 2.74 Å². The van der Waals surface area contributed by atoms with Crippen LogP contribution in [0.5, 0.6) is 0 Å². The summed E-state index contributed by atoms with van der Waals surface area (Å²) in [5.74, 6) is 3.42. The Kier molecular flexibility index (Phi) is 34.9. The van der Waals surface area contributed by atoms with Crippen molar-refractivity contribution in [2.45, 2.75) is 207 Å². The van der Waals surface area contributed by atoms with Gasteiger partial charge in [-0.15, -0.1) is 0 Å². The first-order chi connectivity index (χ1) is 39.2. The lowest BCUT2D eigenvalue weighted by Crippen LogP contribution is -2.29. The number of hydrogen-bond acceptors (Lipinski definition) is 5. The lowest BCUT2D eigenvalue weighted by atomic mass is 9.84. The van der Waals surface area contributed by atoms with Gasteiger partial charge in [0, 0.05) is 67.2 Å². The molecule has 8 rings (SSSR count). The van der Waals surface area contributed by atoms with Crippen LogP contribution in [0.25, 0.3) is 11.0 Å². The lowest BCUT2D eigenvalue weighted by Gasteiger charge is -2.31. The minimum absolute atomic E-state index is 0.477. The zero-order chi connectivity index (χ0) is 62.1. The van der Waals surface area contributed by atoms with Gasteiger partial charge in [-0.05, 0) is 197 Å². The number of rotatable bonds is 15. The molecule has 1 saturated heterocycles. The number of fused-ring (bicyclic) bond motifs is 1. The van der Waals surface area contributed by atoms with Crippen molar-refractivity contribution in [1.29, 1.82) is 0 Å². The number of allylic oxidation sites excluding steroid dienone is 1. The van der Waals surface area contributed by atoms with Crippen LogP contribution in [-0.2, 0) is 32.1 Å². The molecule has 5 nitrogen and oxygen atoms in total. The maximum absolute atomic E-state index is 13.2. The smallest absolute Gasteiger partial charge is 0.129 e. The summed E-state index contributed by atoms with van der Waals surface area (Å²) in [7, 11) is 0. The average molecular weight is 1180 g/mol. The van der Waals surface area contributed by atoms with E-state index in [1.165, 1.54) is 122 Å². The van der Waals surface area contributed by atoms with Crippen LogP contribution in [0.3, 0.4) is 0 Å². The Morgan fingerprint density at radius 3 is 1.64 bits per heavy atom. The second-order valence-electron chi connectivity index (χ2n) is 25.1. The van der Waals surface area contributed by atoms with Crippen LogP contribution < -0.4 is 0 Å². The van der Waals surface area contributed by atoms with Crippen LogP contribution in [0.4, 0.5) is 8.78 Å². The van der Waals surface area contributed by atoms with Crippen LogP contribution in [0, 0.1) is 72.8 Å². The van der Waals surface area contributed by atoms with E-state index in [0.717, 1.165) is 78.2 Å². The third-order valence-electron chi connectivity index (χ3n) is 13.4. The van der Waals surface area contributed by atoms with E-state index in [0.29, 0.717) is 17.8 Å². The molecule has 2 fully saturated rings. The summed E-state index contributed by atoms with van der Waals surface area (Å²) in [5.41, 5.74) is 10.5. The predicted molar refractivity (Wildman–Crippen MR) is 351 cm³/mol. The van der Waals surface area contributed by atoms with Crippen LogP contribution in [0.1, 0.15) is 203 Å². The molecule has 0 amide bonds. The predicted octanol–water partition coefficient (Wildman–Crippen LogP) is 21.5. The van der Waals surface area contributed by atoms with Crippen molar-refractivity contribution < 1.29 is 11.5 Å². The number of aromatic nitrogens is 4. The van der Waals surface area contributed by atoms with Gasteiger partial charge in [-0.2, -0.15) is 0 Å². The first kappa shape index (κ1) is 68.7. The SMILES string of the molecule is C=C(CC(C)C)N1CCCCC1.CC(C)CC1CCCCC1.CC(C)Cc1ccc2nccnc2c1.CC(C)Cc1ccccn1.Cc1cccc(Br)c1CC(C)C.Cc1cccc(CC(C)C)n1.[2H]C([2H])(c1c(F)cccc1F)C(C)C. The highest BCUT2D eigenvalue weighted by molar-refractivity contribution is 9.10. The summed E-state index contributed by atoms with van der Waals surface area (Å²) in [5, 5.41) is 0. The van der Waals surface area contributed by atoms with Crippen molar-refractivity contribution >= 4 is 27.0 Å². The molecule has 3 aromatic carbocycles. The van der Waals surface area contributed by atoms with Crippen molar-refractivity contribution in [2.75, 3.05) is 13.1 Å². The lowest BCUT2D eigenvalue weighted by molar-refractivity contribution is 0.271. The minimum atomic E-state index is -1.98. The molecule has 0 atom stereocenters. The Bertz CT molecular complexity index is 2640. The van der Waals surface area contributed by atoms with E-state index in [2.05, 4.69) is 186 Å². The van der Waals surface area contributed by atoms with Gasteiger partial charge in [-0.1, -0.05) is 188 Å². The molecule has 2 aliphatic rings. The van der Waals surface area contributed by atoms with Gasteiger partial charge < -0.3 is 4.90 Å². The number of nitrogens with zero attached hydrogens (tertiary/aromatic N) is 5. The molecule has 8 heteroatoms. The van der Waals surface area contributed by atoms with Gasteiger partial charge in [0.2, 0.25) is 0 Å². The van der Waals surface area contributed by atoms with Gasteiger partial charge in [-0.25, -0.2) is 8.78 Å². The quantitative estimate of drug-likeness (QED) is 0.103. The standard InChI is InChI=1S/C12H14N2.C11H15Br.C11H21N.C10H12F2.C10H15N.C10H20.C9H13N/c1-9(2)7-10-3-4-11-12(8-10)14-6-5-13-11;1-8(2)7-10-9(3)5-4-6-11(10)12;1-10(2)9-11(3)12-7-5-4-6-8-12;1-7(2)6-8-9(11)4-3-5-10(8)12;1-8(2)7-10-6-4-5-9(3)11-10;1-9(2)8-10-6-4-3-5-7-10;1-8(2)7-9-5-3-4-6-10-9/h3-6,8-9H,7H2,1-2H3;4-6,8H,7H2,1-3H3;10H,3-9H2,1-2H3;3-5,7H,6H2,1-2H3;4-6,8H,7H2,1-3H3;9-10H,3-8H2,1-2H3;3-6,8H,7H2,1-2H3/i;;;6D2;;;. The van der Waals surface area contributed by atoms with Crippen molar-refractivity contribution in [3.8, 4) is 0 Å². The molecule has 448 valence electrons. The molecule has 3 aromatic heterocycles. The van der Waals surface area contributed by atoms with E-state index in [1.54, 1.807) is 26.2 Å². The largest absolute Gasteiger partial charge is 0.375 e. The Labute approximate surface area is 505 Å². The number of aryl methyl sites for hydroxylation is 2. The first-order valence-corrected chi connectivity index (χ1v) is 31.6. The second-order valence-corrected chi connectivity index (χ2v) is 26.0. The molecule has 0 radical (unpaired) electrons. The molecule has 81 heavy (non-hydrogen) atoms. The van der Waals surface area contributed by atoms with Gasteiger partial charge in [0.05, 0.1) is 11.0 Å². The van der Waals surface area contributed by atoms with Crippen LogP contribution in [0.15, 0.2) is 126 Å². The Morgan fingerprint density at radius 2 is 1.11 bits per heavy atom. The van der Waals surface area contributed by atoms with Crippen molar-refractivity contribution in [3.05, 3.63) is 177 Å². The summed E-state index contributed by atoms with van der Waals surface area (Å²) < 4.78 is 42.9. The molecule has 4 heterocycles. The number of halogens is 3. The molecular weight excluding hydrogens is 1060 g/mol. The third-order valence-corrected chi connectivity index (χ3v) is 14.2. The fraction of sp³-hybridized carbons (Fsp3) is 0.562. The zero-order valence-corrected chi connectivity index (χ0v) is 55.0. The molecule has 1 aliphatic carbocycles. The van der Waals surface area contributed by atoms with E-state index in [1.807, 2.05) is 37.4 Å². The van der Waals surface area contributed by atoms with Crippen molar-refractivity contribution in [1.82, 2.24) is 24.8 Å². The average Bonchev–Trinajstić information content (AvgIpc) is 3.59. The molecule has 6 aromatic rings. The van der Waals surface area contributed by atoms with Crippen molar-refractivity contribution in [2.24, 2.45) is 47.3 Å². The molecule has 0 spiro atoms. The summed E-state index contributed by atoms with van der Waals surface area (Å²) in [6, 6.07) is 28.3. The molecule has 1 saturated carbocycles. The fourth-order valence-electron chi connectivity index (χ4n) is 9.83. The van der Waals surface area contributed by atoms with Gasteiger partial charge >= 0.3 is 0 Å². The highest BCUT2D eigenvalue weighted by atomic mass is 79.9. The Balaban J connectivity index is 0.000000332. The maximum Gasteiger partial charge on any atom is 0.129 e. The second kappa shape index (κ2) is 41.2.